The standard InChI is InChI=1S/C12H24FN/c1-4-10(2)12(3,13)9-11-7-5-6-8-14-11/h10-11,14H,4-9H2,1-3H3. The van der Waals surface area contributed by atoms with Crippen LogP contribution in [-0.4, -0.2) is 18.3 Å². The van der Waals surface area contributed by atoms with E-state index in [9.17, 15) is 4.39 Å². The molecule has 2 heteroatoms. The molecule has 0 radical (unpaired) electrons. The van der Waals surface area contributed by atoms with Crippen LogP contribution in [0.5, 0.6) is 0 Å². The Labute approximate surface area is 87.5 Å². The van der Waals surface area contributed by atoms with Crippen molar-refractivity contribution in [3.8, 4) is 0 Å². The smallest absolute Gasteiger partial charge is 0.112 e. The molecule has 14 heavy (non-hydrogen) atoms. The highest BCUT2D eigenvalue weighted by Gasteiger charge is 2.32. The van der Waals surface area contributed by atoms with Crippen LogP contribution in [0, 0.1) is 5.92 Å². The summed E-state index contributed by atoms with van der Waals surface area (Å²) >= 11 is 0. The molecule has 0 aromatic rings. The van der Waals surface area contributed by atoms with Gasteiger partial charge in [0.2, 0.25) is 0 Å². The van der Waals surface area contributed by atoms with Gasteiger partial charge in [0.1, 0.15) is 5.67 Å². The van der Waals surface area contributed by atoms with Gasteiger partial charge in [0.15, 0.2) is 0 Å². The van der Waals surface area contributed by atoms with Crippen molar-refractivity contribution in [1.29, 1.82) is 0 Å². The second-order valence-corrected chi connectivity index (χ2v) is 4.94. The van der Waals surface area contributed by atoms with Crippen LogP contribution in [0.15, 0.2) is 0 Å². The second-order valence-electron chi connectivity index (χ2n) is 4.94. The maximum Gasteiger partial charge on any atom is 0.112 e. The minimum atomic E-state index is -0.996. The molecule has 1 fully saturated rings. The van der Waals surface area contributed by atoms with E-state index < -0.39 is 5.67 Å². The van der Waals surface area contributed by atoms with Gasteiger partial charge in [-0.2, -0.15) is 0 Å². The zero-order chi connectivity index (χ0) is 10.6. The first kappa shape index (κ1) is 12.0. The van der Waals surface area contributed by atoms with Crippen molar-refractivity contribution in [2.45, 2.75) is 64.6 Å². The normalized spacial score (nSPS) is 29.6. The molecule has 1 rings (SSSR count). The number of halogens is 1. The first-order valence-corrected chi connectivity index (χ1v) is 5.98. The van der Waals surface area contributed by atoms with Gasteiger partial charge in [0, 0.05) is 6.04 Å². The van der Waals surface area contributed by atoms with Crippen molar-refractivity contribution in [2.75, 3.05) is 6.54 Å². The molecule has 0 aliphatic carbocycles. The Bertz CT molecular complexity index is 162. The van der Waals surface area contributed by atoms with Crippen molar-refractivity contribution in [3.05, 3.63) is 0 Å². The van der Waals surface area contributed by atoms with E-state index >= 15 is 0 Å². The summed E-state index contributed by atoms with van der Waals surface area (Å²) in [6.07, 6.45) is 5.27. The molecule has 0 saturated carbocycles. The van der Waals surface area contributed by atoms with Gasteiger partial charge in [-0.1, -0.05) is 26.7 Å². The molecule has 0 aromatic carbocycles. The summed E-state index contributed by atoms with van der Waals surface area (Å²) < 4.78 is 14.2. The molecule has 1 aliphatic rings. The highest BCUT2D eigenvalue weighted by Crippen LogP contribution is 2.31. The first-order valence-electron chi connectivity index (χ1n) is 5.98. The largest absolute Gasteiger partial charge is 0.314 e. The second kappa shape index (κ2) is 5.11. The predicted octanol–water partition coefficient (Wildman–Crippen LogP) is 3.29. The summed E-state index contributed by atoms with van der Waals surface area (Å²) in [6, 6.07) is 0.410. The molecule has 1 saturated heterocycles. The zero-order valence-corrected chi connectivity index (χ0v) is 9.78. The fourth-order valence-corrected chi connectivity index (χ4v) is 2.21. The van der Waals surface area contributed by atoms with Gasteiger partial charge < -0.3 is 5.32 Å². The maximum atomic E-state index is 14.2. The quantitative estimate of drug-likeness (QED) is 0.736. The van der Waals surface area contributed by atoms with Crippen molar-refractivity contribution in [2.24, 2.45) is 5.92 Å². The summed E-state index contributed by atoms with van der Waals surface area (Å²) in [7, 11) is 0. The molecule has 0 aromatic heterocycles. The molecule has 3 unspecified atom stereocenters. The van der Waals surface area contributed by atoms with Crippen LogP contribution in [0.1, 0.15) is 52.9 Å². The lowest BCUT2D eigenvalue weighted by Gasteiger charge is -2.33. The monoisotopic (exact) mass is 201 g/mol. The third-order valence-corrected chi connectivity index (χ3v) is 3.70. The molecule has 1 heterocycles. The van der Waals surface area contributed by atoms with Crippen molar-refractivity contribution in [3.63, 3.8) is 0 Å². The van der Waals surface area contributed by atoms with E-state index in [-0.39, 0.29) is 5.92 Å². The molecule has 0 spiro atoms. The summed E-state index contributed by atoms with van der Waals surface area (Å²) in [5, 5.41) is 3.41. The van der Waals surface area contributed by atoms with Crippen LogP contribution in [0.4, 0.5) is 4.39 Å². The summed E-state index contributed by atoms with van der Waals surface area (Å²) in [4.78, 5) is 0. The molecule has 0 amide bonds. The lowest BCUT2D eigenvalue weighted by molar-refractivity contribution is 0.0802. The number of rotatable bonds is 4. The highest BCUT2D eigenvalue weighted by molar-refractivity contribution is 4.86. The van der Waals surface area contributed by atoms with E-state index in [1.165, 1.54) is 12.8 Å². The van der Waals surface area contributed by atoms with Crippen LogP contribution in [-0.2, 0) is 0 Å². The van der Waals surface area contributed by atoms with Crippen LogP contribution in [0.3, 0.4) is 0 Å². The molecule has 84 valence electrons. The van der Waals surface area contributed by atoms with E-state index in [0.717, 1.165) is 19.4 Å². The van der Waals surface area contributed by atoms with E-state index in [1.54, 1.807) is 6.92 Å². The minimum absolute atomic E-state index is 0.172. The Hall–Kier alpha value is -0.110. The predicted molar refractivity (Wildman–Crippen MR) is 59.2 cm³/mol. The third kappa shape index (κ3) is 3.23. The number of nitrogens with one attached hydrogen (secondary N) is 1. The number of piperidine rings is 1. The molecular weight excluding hydrogens is 177 g/mol. The van der Waals surface area contributed by atoms with Crippen LogP contribution in [0.25, 0.3) is 0 Å². The SMILES string of the molecule is CCC(C)C(C)(F)CC1CCCCN1. The van der Waals surface area contributed by atoms with Crippen molar-refractivity contribution in [1.82, 2.24) is 5.32 Å². The van der Waals surface area contributed by atoms with Crippen molar-refractivity contribution < 1.29 is 4.39 Å². The van der Waals surface area contributed by atoms with Crippen LogP contribution in [0.2, 0.25) is 0 Å². The molecular formula is C12H24FN. The molecule has 1 N–H and O–H groups in total. The van der Waals surface area contributed by atoms with Crippen LogP contribution >= 0.6 is 0 Å². The molecule has 1 nitrogen and oxygen atoms in total. The molecule has 1 aliphatic heterocycles. The van der Waals surface area contributed by atoms with E-state index in [2.05, 4.69) is 12.2 Å². The summed E-state index contributed by atoms with van der Waals surface area (Å²) in [6.45, 7) is 6.92. The van der Waals surface area contributed by atoms with Gasteiger partial charge in [-0.05, 0) is 38.6 Å². The lowest BCUT2D eigenvalue weighted by atomic mass is 9.83. The minimum Gasteiger partial charge on any atom is -0.314 e. The molecule has 0 bridgehead atoms. The van der Waals surface area contributed by atoms with Crippen molar-refractivity contribution >= 4 is 0 Å². The Kier molecular flexibility index (Phi) is 4.36. The number of hydrogen-bond acceptors (Lipinski definition) is 1. The van der Waals surface area contributed by atoms with Crippen LogP contribution < -0.4 is 5.32 Å². The zero-order valence-electron chi connectivity index (χ0n) is 9.78. The average molecular weight is 201 g/mol. The van der Waals surface area contributed by atoms with Gasteiger partial charge in [0.05, 0.1) is 0 Å². The van der Waals surface area contributed by atoms with Gasteiger partial charge in [-0.3, -0.25) is 0 Å². The Balaban J connectivity index is 2.40. The Morgan fingerprint density at radius 2 is 2.21 bits per heavy atom. The average Bonchev–Trinajstić information content (AvgIpc) is 2.17. The number of hydrogen-bond donors (Lipinski definition) is 1. The molecule has 3 atom stereocenters. The fraction of sp³-hybridized carbons (Fsp3) is 1.00. The van der Waals surface area contributed by atoms with Gasteiger partial charge >= 0.3 is 0 Å². The summed E-state index contributed by atoms with van der Waals surface area (Å²) in [5.41, 5.74) is -0.996. The number of alkyl halides is 1. The van der Waals surface area contributed by atoms with E-state index in [1.807, 2.05) is 6.92 Å². The third-order valence-electron chi connectivity index (χ3n) is 3.70. The fourth-order valence-electron chi connectivity index (χ4n) is 2.21. The maximum absolute atomic E-state index is 14.2. The van der Waals surface area contributed by atoms with Gasteiger partial charge in [-0.15, -0.1) is 0 Å². The Morgan fingerprint density at radius 3 is 2.71 bits per heavy atom. The summed E-state index contributed by atoms with van der Waals surface area (Å²) in [5.74, 6) is 0.172. The van der Waals surface area contributed by atoms with Gasteiger partial charge in [-0.25, -0.2) is 4.39 Å². The van der Waals surface area contributed by atoms with Gasteiger partial charge in [0.25, 0.3) is 0 Å². The highest BCUT2D eigenvalue weighted by atomic mass is 19.1. The van der Waals surface area contributed by atoms with E-state index in [4.69, 9.17) is 0 Å². The Morgan fingerprint density at radius 1 is 1.50 bits per heavy atom. The first-order chi connectivity index (χ1) is 6.56. The lowest BCUT2D eigenvalue weighted by Crippen LogP contribution is -2.41. The topological polar surface area (TPSA) is 12.0 Å². The van der Waals surface area contributed by atoms with E-state index in [0.29, 0.717) is 12.5 Å².